The maximum atomic E-state index is 14.8. The van der Waals surface area contributed by atoms with Gasteiger partial charge in [0.2, 0.25) is 47.3 Å². The Labute approximate surface area is 598 Å². The fraction of sp³-hybridized carbons (Fsp3) is 0.676. The molecule has 12 N–H and O–H groups in total. The molecule has 2 aromatic rings. The zero-order valence-corrected chi connectivity index (χ0v) is 62.1. The molecule has 1 unspecified atom stereocenters. The summed E-state index contributed by atoms with van der Waals surface area (Å²) >= 11 is 0. The number of unbranched alkanes of at least 4 members (excludes halogenated alkanes) is 1. The molecule has 2 aromatic carbocycles. The van der Waals surface area contributed by atoms with Gasteiger partial charge in [-0.15, -0.1) is 5.92 Å². The molecule has 1 fully saturated rings. The van der Waals surface area contributed by atoms with E-state index in [2.05, 4.69) is 49.1 Å². The molecule has 0 saturated carbocycles. The van der Waals surface area contributed by atoms with Gasteiger partial charge < -0.3 is 82.5 Å². The summed E-state index contributed by atoms with van der Waals surface area (Å²) in [5.41, 5.74) is 13.1. The van der Waals surface area contributed by atoms with Crippen molar-refractivity contribution in [3.8, 4) is 11.8 Å². The lowest BCUT2D eigenvalue weighted by molar-refractivity contribution is -0.148. The molecule has 2 aliphatic rings. The topological polar surface area (TPSA) is 374 Å². The van der Waals surface area contributed by atoms with Crippen molar-refractivity contribution in [3.63, 3.8) is 0 Å². The number of nitrogens with two attached hydrogens (primary N) is 2. The van der Waals surface area contributed by atoms with Crippen molar-refractivity contribution in [2.45, 2.75) is 238 Å². The average Bonchev–Trinajstić information content (AvgIpc) is 1.77. The minimum absolute atomic E-state index is 0.0695. The maximum absolute atomic E-state index is 14.8. The first-order valence-electron chi connectivity index (χ1n) is 36.0. The Bertz CT molecular complexity index is 3040. The summed E-state index contributed by atoms with van der Waals surface area (Å²) in [6.45, 7) is 18.6. The molecule has 0 aromatic heterocycles. The van der Waals surface area contributed by atoms with Gasteiger partial charge in [0.15, 0.2) is 0 Å². The molecule has 0 radical (unpaired) electrons. The Morgan fingerprint density at radius 1 is 0.693 bits per heavy atom. The van der Waals surface area contributed by atoms with Gasteiger partial charge in [0.05, 0.1) is 54.8 Å². The average molecular weight is 1420 g/mol. The van der Waals surface area contributed by atoms with Gasteiger partial charge in [-0.3, -0.25) is 43.3 Å². The molecule has 0 bridgehead atoms. The highest BCUT2D eigenvalue weighted by atomic mass is 16.6. The smallest absolute Gasteiger partial charge is 0.410 e. The molecular weight excluding hydrogens is 1300 g/mol. The number of amides is 11. The van der Waals surface area contributed by atoms with Crippen molar-refractivity contribution in [2.75, 3.05) is 59.9 Å². The van der Waals surface area contributed by atoms with E-state index in [1.807, 2.05) is 32.0 Å². The molecule has 14 atom stereocenters. The Morgan fingerprint density at radius 2 is 1.36 bits per heavy atom. The van der Waals surface area contributed by atoms with Gasteiger partial charge in [0.1, 0.15) is 43.5 Å². The van der Waals surface area contributed by atoms with Crippen molar-refractivity contribution < 1.29 is 72.0 Å². The summed E-state index contributed by atoms with van der Waals surface area (Å²) in [6, 6.07) is 7.68. The third-order valence-corrected chi connectivity index (χ3v) is 19.1. The van der Waals surface area contributed by atoms with Crippen LogP contribution in [0.3, 0.4) is 0 Å². The number of methoxy groups -OCH3 is 2. The third kappa shape index (κ3) is 27.4. The van der Waals surface area contributed by atoms with Crippen molar-refractivity contribution in [2.24, 2.45) is 41.1 Å². The molecule has 27 heteroatoms. The lowest BCUT2D eigenvalue weighted by Crippen LogP contribution is -2.60. The van der Waals surface area contributed by atoms with Crippen LogP contribution in [-0.2, 0) is 63.9 Å². The molecule has 101 heavy (non-hydrogen) atoms. The Kier molecular flexibility index (Phi) is 37.1. The minimum atomic E-state index is -1.14. The number of benzene rings is 2. The van der Waals surface area contributed by atoms with E-state index >= 15 is 0 Å². The van der Waals surface area contributed by atoms with E-state index in [1.54, 1.807) is 109 Å². The van der Waals surface area contributed by atoms with Crippen molar-refractivity contribution >= 4 is 65.1 Å². The predicted octanol–water partition coefficient (Wildman–Crippen LogP) is 5.56. The van der Waals surface area contributed by atoms with E-state index in [0.29, 0.717) is 62.0 Å². The quantitative estimate of drug-likeness (QED) is 0.0288. The molecule has 1 aliphatic heterocycles. The molecule has 1 aliphatic carbocycles. The van der Waals surface area contributed by atoms with Gasteiger partial charge in [-0.1, -0.05) is 124 Å². The van der Waals surface area contributed by atoms with Crippen LogP contribution in [0, 0.1) is 41.4 Å². The number of nitrogens with zero attached hydrogens (tertiary/aromatic N) is 3. The highest BCUT2D eigenvalue weighted by Gasteiger charge is 2.44. The SMILES string of the molecule is CC[C@H](C)[C@@H]([C@@H](CC(=O)N1CCC[C@H]1[C@H](OC)[C@@H](C)C(=O)N[C@H](C)[C@@H](O)c1ccccc1)OC)N(C)C(=O)[C@@H](NC(=O)[C@H](C(C)C)N(C)C(=O)OCc1ccc(NC(=O)[C@H](CCCNC(N)=O)NC(=O)[C@@H](NC(=O)[C@H](N)CCCCNC(=O)COC2C#CCCCCC2)C(C)C)cc1)C(C)C. The number of ether oxygens (including phenoxy) is 4. The molecule has 564 valence electrons. The maximum Gasteiger partial charge on any atom is 0.410 e. The van der Waals surface area contributed by atoms with Crippen molar-refractivity contribution in [1.82, 2.24) is 46.6 Å². The summed E-state index contributed by atoms with van der Waals surface area (Å²) in [7, 11) is 6.09. The van der Waals surface area contributed by atoms with E-state index in [-0.39, 0.29) is 75.2 Å². The van der Waals surface area contributed by atoms with Gasteiger partial charge in [-0.05, 0) is 118 Å². The summed E-state index contributed by atoms with van der Waals surface area (Å²) in [6.07, 6.45) is 4.76. The van der Waals surface area contributed by atoms with Crippen LogP contribution in [0.5, 0.6) is 0 Å². The number of carbonyl (C=O) groups is 10. The second-order valence-corrected chi connectivity index (χ2v) is 27.9. The van der Waals surface area contributed by atoms with Crippen LogP contribution in [0.4, 0.5) is 15.3 Å². The molecule has 11 amide bonds. The lowest BCUT2D eigenvalue weighted by Gasteiger charge is -2.41. The van der Waals surface area contributed by atoms with Crippen molar-refractivity contribution in [1.29, 1.82) is 0 Å². The van der Waals surface area contributed by atoms with Crippen LogP contribution >= 0.6 is 0 Å². The number of carbonyl (C=O) groups excluding carboxylic acids is 10. The summed E-state index contributed by atoms with van der Waals surface area (Å²) in [4.78, 5) is 141. The first kappa shape index (κ1) is 85.5. The van der Waals surface area contributed by atoms with Crippen molar-refractivity contribution in [3.05, 3.63) is 65.7 Å². The zero-order chi connectivity index (χ0) is 75.0. The zero-order valence-electron chi connectivity index (χ0n) is 62.1. The van der Waals surface area contributed by atoms with E-state index in [4.69, 9.17) is 30.4 Å². The monoisotopic (exact) mass is 1410 g/mol. The van der Waals surface area contributed by atoms with Crippen LogP contribution in [0.25, 0.3) is 0 Å². The first-order valence-corrected chi connectivity index (χ1v) is 36.0. The lowest BCUT2D eigenvalue weighted by atomic mass is 9.89. The first-order chi connectivity index (χ1) is 47.9. The molecular formula is C74H118N12O15. The van der Waals surface area contributed by atoms with Crippen LogP contribution in [0.15, 0.2) is 54.6 Å². The number of aliphatic hydroxyl groups excluding tert-OH is 1. The number of primary amides is 1. The fourth-order valence-corrected chi connectivity index (χ4v) is 12.9. The van der Waals surface area contributed by atoms with Gasteiger partial charge in [-0.2, -0.15) is 0 Å². The number of nitrogens with one attached hydrogen (secondary N) is 7. The normalized spacial score (nSPS) is 18.1. The highest BCUT2D eigenvalue weighted by Crippen LogP contribution is 2.31. The highest BCUT2D eigenvalue weighted by molar-refractivity contribution is 5.99. The van der Waals surface area contributed by atoms with Gasteiger partial charge >= 0.3 is 12.1 Å². The second kappa shape index (κ2) is 43.8. The number of hydrogen-bond donors (Lipinski definition) is 10. The molecule has 1 saturated heterocycles. The molecule has 0 spiro atoms. The van der Waals surface area contributed by atoms with E-state index in [0.717, 1.165) is 32.1 Å². The van der Waals surface area contributed by atoms with Crippen LogP contribution in [-0.4, -0.2) is 200 Å². The fourth-order valence-electron chi connectivity index (χ4n) is 12.9. The number of urea groups is 1. The van der Waals surface area contributed by atoms with E-state index < -0.39 is 132 Å². The Hall–Kier alpha value is -7.90. The number of aliphatic hydroxyl groups is 1. The summed E-state index contributed by atoms with van der Waals surface area (Å²) in [5.74, 6) is 0.378. The van der Waals surface area contributed by atoms with Gasteiger partial charge in [0, 0.05) is 60.1 Å². The van der Waals surface area contributed by atoms with Crippen LogP contribution in [0.2, 0.25) is 0 Å². The Morgan fingerprint density at radius 3 is 1.98 bits per heavy atom. The number of rotatable bonds is 41. The van der Waals surface area contributed by atoms with Gasteiger partial charge in [0.25, 0.3) is 0 Å². The van der Waals surface area contributed by atoms with E-state index in [9.17, 15) is 53.1 Å². The Balaban J connectivity index is 1.35. The van der Waals surface area contributed by atoms with E-state index in [1.165, 1.54) is 26.2 Å². The number of anilines is 1. The van der Waals surface area contributed by atoms with Crippen LogP contribution in [0.1, 0.15) is 176 Å². The molecule has 4 rings (SSSR count). The van der Waals surface area contributed by atoms with Gasteiger partial charge in [-0.25, -0.2) is 9.59 Å². The number of hydrogen-bond acceptors (Lipinski definition) is 16. The second-order valence-electron chi connectivity index (χ2n) is 27.9. The standard InChI is InChI=1S/C74H118N12O15/c1-15-48(8)64(58(98-13)42-60(88)86-41-27-34-57(86)66(99-14)49(9)67(90)79-50(10)65(89)52-28-20-19-21-29-52)84(11)72(95)62(46(4)5)83-71(94)63(47(6)7)85(12)74(97)101-43-51-35-37-53(38-36-51)80-69(92)56(33-26-40-78-73(76)96)81-70(93)61(45(2)3)82-68(91)55(75)32-24-25-39-77-59(87)44-100-54-30-22-17-16-18-23-31-54/h19-21,28-29,35-38,45-50,54-58,61-66,89H,15-18,22,24-27,30,32-34,39-44,75H2,1-14H3,(H,77,87)(H,79,90)(H,80,92)(H,81,93)(H,82,91)(H,83,94)(H3,76,78,96)/t48-,49+,50+,54?,55+,56-,57-,58+,61-,62-,63-,64-,65+,66+/m0/s1. The molecule has 27 nitrogen and oxygen atoms in total. The largest absolute Gasteiger partial charge is 0.445 e. The number of likely N-dealkylation sites (N-methyl/N-ethyl adjacent to an activating group) is 2. The number of likely N-dealkylation sites (tertiary alicyclic amines) is 1. The molecule has 1 heterocycles. The minimum Gasteiger partial charge on any atom is -0.445 e. The summed E-state index contributed by atoms with van der Waals surface area (Å²) in [5, 5.41) is 30.5. The third-order valence-electron chi connectivity index (χ3n) is 19.1. The summed E-state index contributed by atoms with van der Waals surface area (Å²) < 4.78 is 23.5. The predicted molar refractivity (Wildman–Crippen MR) is 385 cm³/mol. The van der Waals surface area contributed by atoms with Crippen LogP contribution < -0.4 is 48.7 Å².